The zero-order valence-electron chi connectivity index (χ0n) is 13.4. The van der Waals surface area contributed by atoms with Gasteiger partial charge in [0.25, 0.3) is 0 Å². The van der Waals surface area contributed by atoms with Crippen molar-refractivity contribution in [1.29, 1.82) is 0 Å². The molecule has 0 bridgehead atoms. The molecule has 0 amide bonds. The molecule has 1 aliphatic heterocycles. The third-order valence-electron chi connectivity index (χ3n) is 4.26. The first-order chi connectivity index (χ1) is 10.7. The van der Waals surface area contributed by atoms with Crippen LogP contribution in [0.4, 0.5) is 5.95 Å². The lowest BCUT2D eigenvalue weighted by atomic mass is 10.1. The second-order valence-corrected chi connectivity index (χ2v) is 6.32. The van der Waals surface area contributed by atoms with Crippen molar-refractivity contribution in [3.8, 4) is 0 Å². The lowest BCUT2D eigenvalue weighted by Crippen LogP contribution is -2.29. The first-order valence-corrected chi connectivity index (χ1v) is 7.97. The van der Waals surface area contributed by atoms with Crippen molar-refractivity contribution in [3.63, 3.8) is 0 Å². The van der Waals surface area contributed by atoms with E-state index in [4.69, 9.17) is 0 Å². The van der Waals surface area contributed by atoms with Crippen molar-refractivity contribution in [2.24, 2.45) is 5.92 Å². The van der Waals surface area contributed by atoms with Gasteiger partial charge in [0.05, 0.1) is 0 Å². The molecule has 0 saturated carbocycles. The van der Waals surface area contributed by atoms with Gasteiger partial charge in [0, 0.05) is 39.1 Å². The van der Waals surface area contributed by atoms with Crippen molar-refractivity contribution >= 4 is 5.95 Å². The Balaban J connectivity index is 1.51. The summed E-state index contributed by atoms with van der Waals surface area (Å²) in [5.41, 5.74) is 2.51. The van der Waals surface area contributed by atoms with Gasteiger partial charge in [-0.25, -0.2) is 9.97 Å². The summed E-state index contributed by atoms with van der Waals surface area (Å²) in [5.74, 6) is 1.52. The number of hydrogen-bond acceptors (Lipinski definition) is 4. The van der Waals surface area contributed by atoms with Crippen molar-refractivity contribution in [3.05, 3.63) is 53.9 Å². The summed E-state index contributed by atoms with van der Waals surface area (Å²) >= 11 is 0. The van der Waals surface area contributed by atoms with Gasteiger partial charge in [0.2, 0.25) is 5.95 Å². The first-order valence-electron chi connectivity index (χ1n) is 7.97. The summed E-state index contributed by atoms with van der Waals surface area (Å²) < 4.78 is 0. The molecule has 1 unspecified atom stereocenters. The first kappa shape index (κ1) is 15.0. The highest BCUT2D eigenvalue weighted by Gasteiger charge is 2.24. The van der Waals surface area contributed by atoms with Crippen molar-refractivity contribution < 1.29 is 0 Å². The summed E-state index contributed by atoms with van der Waals surface area (Å²) in [6, 6.07) is 10.7. The second kappa shape index (κ2) is 6.88. The molecule has 4 heteroatoms. The van der Waals surface area contributed by atoms with Crippen LogP contribution in [0.1, 0.15) is 17.5 Å². The Morgan fingerprint density at radius 2 is 1.91 bits per heavy atom. The van der Waals surface area contributed by atoms with Gasteiger partial charge in [-0.05, 0) is 36.9 Å². The minimum absolute atomic E-state index is 0.693. The fourth-order valence-electron chi connectivity index (χ4n) is 3.10. The van der Waals surface area contributed by atoms with Crippen LogP contribution in [0.15, 0.2) is 42.7 Å². The van der Waals surface area contributed by atoms with Crippen LogP contribution >= 0.6 is 0 Å². The Morgan fingerprint density at radius 1 is 1.18 bits per heavy atom. The maximum atomic E-state index is 4.41. The minimum Gasteiger partial charge on any atom is -0.344 e. The Kier molecular flexibility index (Phi) is 4.68. The third-order valence-corrected chi connectivity index (χ3v) is 4.26. The topological polar surface area (TPSA) is 32.3 Å². The van der Waals surface area contributed by atoms with Crippen LogP contribution in [0, 0.1) is 12.8 Å². The quantitative estimate of drug-likeness (QED) is 0.849. The molecule has 3 rings (SSSR count). The number of nitrogens with zero attached hydrogens (tertiary/aromatic N) is 4. The van der Waals surface area contributed by atoms with Crippen LogP contribution in [-0.2, 0) is 6.54 Å². The second-order valence-electron chi connectivity index (χ2n) is 6.32. The number of benzene rings is 1. The van der Waals surface area contributed by atoms with E-state index < -0.39 is 0 Å². The van der Waals surface area contributed by atoms with Gasteiger partial charge < -0.3 is 4.90 Å². The van der Waals surface area contributed by atoms with Gasteiger partial charge in [0.15, 0.2) is 0 Å². The average molecular weight is 296 g/mol. The lowest BCUT2D eigenvalue weighted by molar-refractivity contribution is 0.317. The van der Waals surface area contributed by atoms with E-state index in [1.807, 2.05) is 19.3 Å². The van der Waals surface area contributed by atoms with Gasteiger partial charge >= 0.3 is 0 Å². The summed E-state index contributed by atoms with van der Waals surface area (Å²) in [5, 5.41) is 0. The van der Waals surface area contributed by atoms with Crippen molar-refractivity contribution in [1.82, 2.24) is 14.9 Å². The smallest absolute Gasteiger partial charge is 0.225 e. The fraction of sp³-hybridized carbons (Fsp3) is 0.444. The van der Waals surface area contributed by atoms with E-state index in [1.165, 1.54) is 18.5 Å². The number of anilines is 1. The summed E-state index contributed by atoms with van der Waals surface area (Å²) in [7, 11) is 2.09. The van der Waals surface area contributed by atoms with Gasteiger partial charge in [-0.15, -0.1) is 0 Å². The number of aromatic nitrogens is 2. The molecule has 2 heterocycles. The molecule has 1 aromatic heterocycles. The van der Waals surface area contributed by atoms with Crippen LogP contribution in [0.25, 0.3) is 0 Å². The molecule has 1 aliphatic rings. The zero-order valence-corrected chi connectivity index (χ0v) is 13.4. The fourth-order valence-corrected chi connectivity index (χ4v) is 3.10. The predicted octanol–water partition coefficient (Wildman–Crippen LogP) is 2.74. The van der Waals surface area contributed by atoms with E-state index in [-0.39, 0.29) is 0 Å². The van der Waals surface area contributed by atoms with Gasteiger partial charge in [-0.1, -0.05) is 30.3 Å². The molecular formula is C18H24N4. The lowest BCUT2D eigenvalue weighted by Gasteiger charge is -2.21. The third kappa shape index (κ3) is 3.83. The molecule has 22 heavy (non-hydrogen) atoms. The van der Waals surface area contributed by atoms with E-state index in [0.29, 0.717) is 5.92 Å². The normalized spacial score (nSPS) is 18.5. The maximum Gasteiger partial charge on any atom is 0.225 e. The highest BCUT2D eigenvalue weighted by atomic mass is 15.2. The maximum absolute atomic E-state index is 4.41. The van der Waals surface area contributed by atoms with Gasteiger partial charge in [-0.3, -0.25) is 4.90 Å². The van der Waals surface area contributed by atoms with Crippen molar-refractivity contribution in [2.45, 2.75) is 19.9 Å². The molecule has 1 aromatic carbocycles. The Bertz CT molecular complexity index is 582. The van der Waals surface area contributed by atoms with E-state index >= 15 is 0 Å². The Morgan fingerprint density at radius 3 is 2.64 bits per heavy atom. The molecule has 0 spiro atoms. The predicted molar refractivity (Wildman–Crippen MR) is 89.9 cm³/mol. The number of hydrogen-bond donors (Lipinski definition) is 0. The van der Waals surface area contributed by atoms with Crippen LogP contribution in [-0.4, -0.2) is 41.5 Å². The van der Waals surface area contributed by atoms with Crippen LogP contribution in [0.5, 0.6) is 0 Å². The van der Waals surface area contributed by atoms with E-state index in [9.17, 15) is 0 Å². The molecule has 4 nitrogen and oxygen atoms in total. The monoisotopic (exact) mass is 296 g/mol. The number of likely N-dealkylation sites (tertiary alicyclic amines) is 1. The highest BCUT2D eigenvalue weighted by molar-refractivity contribution is 5.28. The van der Waals surface area contributed by atoms with Gasteiger partial charge in [0.1, 0.15) is 0 Å². The SMILES string of the molecule is Cc1cnc(N(C)CC2CCN(Cc3ccccc3)C2)nc1. The number of aryl methyl sites for hydroxylation is 1. The van der Waals surface area contributed by atoms with E-state index in [1.54, 1.807) is 0 Å². The molecule has 0 aliphatic carbocycles. The average Bonchev–Trinajstić information content (AvgIpc) is 2.96. The Labute approximate surface area is 132 Å². The van der Waals surface area contributed by atoms with Gasteiger partial charge in [-0.2, -0.15) is 0 Å². The van der Waals surface area contributed by atoms with E-state index in [2.05, 4.69) is 57.1 Å². The summed E-state index contributed by atoms with van der Waals surface area (Å²) in [6.07, 6.45) is 5.02. The zero-order chi connectivity index (χ0) is 15.4. The summed E-state index contributed by atoms with van der Waals surface area (Å²) in [6.45, 7) is 6.44. The molecule has 1 fully saturated rings. The molecular weight excluding hydrogens is 272 g/mol. The standard InChI is InChI=1S/C18H24N4/c1-15-10-19-18(20-11-15)21(2)12-17-8-9-22(14-17)13-16-6-4-3-5-7-16/h3-7,10-11,17H,8-9,12-14H2,1-2H3. The van der Waals surface area contributed by atoms with Crippen LogP contribution in [0.3, 0.4) is 0 Å². The molecule has 1 saturated heterocycles. The Hall–Kier alpha value is -1.94. The molecule has 1 atom stereocenters. The van der Waals surface area contributed by atoms with Crippen LogP contribution < -0.4 is 4.90 Å². The van der Waals surface area contributed by atoms with Crippen molar-refractivity contribution in [2.75, 3.05) is 31.6 Å². The highest BCUT2D eigenvalue weighted by Crippen LogP contribution is 2.20. The molecule has 2 aromatic rings. The largest absolute Gasteiger partial charge is 0.344 e. The van der Waals surface area contributed by atoms with Crippen LogP contribution in [0.2, 0.25) is 0 Å². The molecule has 0 N–H and O–H groups in total. The minimum atomic E-state index is 0.693. The number of rotatable bonds is 5. The molecule has 0 radical (unpaired) electrons. The molecule has 116 valence electrons. The van der Waals surface area contributed by atoms with E-state index in [0.717, 1.165) is 31.1 Å². The summed E-state index contributed by atoms with van der Waals surface area (Å²) in [4.78, 5) is 13.5.